The van der Waals surface area contributed by atoms with Gasteiger partial charge in [-0.2, -0.15) is 0 Å². The van der Waals surface area contributed by atoms with E-state index < -0.39 is 5.41 Å². The highest BCUT2D eigenvalue weighted by molar-refractivity contribution is 9.09. The molecule has 5 heteroatoms. The second-order valence-corrected chi connectivity index (χ2v) is 6.42. The third-order valence-corrected chi connectivity index (χ3v) is 4.66. The molecule has 0 amide bonds. The van der Waals surface area contributed by atoms with Crippen molar-refractivity contribution in [2.24, 2.45) is 5.41 Å². The lowest BCUT2D eigenvalue weighted by atomic mass is 9.97. The molecule has 0 aromatic carbocycles. The number of pyridine rings is 2. The number of aromatic nitrogens is 2. The number of nitrogens with zero attached hydrogens (tertiary/aromatic N) is 2. The molecule has 2 aromatic heterocycles. The van der Waals surface area contributed by atoms with Crippen LogP contribution in [-0.2, 0) is 16.1 Å². The number of esters is 1. The van der Waals surface area contributed by atoms with Crippen molar-refractivity contribution in [1.29, 1.82) is 0 Å². The first kappa shape index (κ1) is 16.6. The van der Waals surface area contributed by atoms with Crippen molar-refractivity contribution in [3.05, 3.63) is 47.8 Å². The Morgan fingerprint density at radius 1 is 1.18 bits per heavy atom. The van der Waals surface area contributed by atoms with Gasteiger partial charge in [-0.1, -0.05) is 15.9 Å². The molecule has 0 bridgehead atoms. The molecule has 0 radical (unpaired) electrons. The van der Waals surface area contributed by atoms with Crippen LogP contribution >= 0.6 is 15.9 Å². The van der Waals surface area contributed by atoms with Gasteiger partial charge in [-0.15, -0.1) is 0 Å². The van der Waals surface area contributed by atoms with Gasteiger partial charge in [0.1, 0.15) is 6.61 Å². The smallest absolute Gasteiger partial charge is 0.312 e. The zero-order chi connectivity index (χ0) is 16.2. The van der Waals surface area contributed by atoms with Crippen molar-refractivity contribution in [2.75, 3.05) is 5.33 Å². The normalized spacial score (nSPS) is 11.3. The molecule has 0 unspecified atom stereocenters. The first-order chi connectivity index (χ1) is 10.4. The van der Waals surface area contributed by atoms with Crippen molar-refractivity contribution in [1.82, 2.24) is 9.97 Å². The van der Waals surface area contributed by atoms with E-state index in [1.165, 1.54) is 0 Å². The molecule has 2 aromatic rings. The Bertz CT molecular complexity index is 671. The Morgan fingerprint density at radius 2 is 1.82 bits per heavy atom. The van der Waals surface area contributed by atoms with Crippen LogP contribution in [0.5, 0.6) is 0 Å². The van der Waals surface area contributed by atoms with E-state index in [-0.39, 0.29) is 12.6 Å². The number of carbonyl (C=O) groups excluding carboxylic acids is 1. The summed E-state index contributed by atoms with van der Waals surface area (Å²) in [6.45, 7) is 5.94. The molecule has 2 rings (SSSR count). The standard InChI is InChI=1S/C17H19BrN2O2/c1-12-4-6-19-14(8-12)15-9-13(5-7-20-15)10-22-16(21)17(2,3)11-18/h4-9H,10-11H2,1-3H3. The van der Waals surface area contributed by atoms with E-state index in [1.807, 2.05) is 45.0 Å². The van der Waals surface area contributed by atoms with Crippen LogP contribution in [-0.4, -0.2) is 21.3 Å². The number of ether oxygens (including phenoxy) is 1. The Balaban J connectivity index is 2.11. The average molecular weight is 363 g/mol. The highest BCUT2D eigenvalue weighted by Crippen LogP contribution is 2.22. The topological polar surface area (TPSA) is 52.1 Å². The molecule has 0 fully saturated rings. The summed E-state index contributed by atoms with van der Waals surface area (Å²) in [7, 11) is 0. The summed E-state index contributed by atoms with van der Waals surface area (Å²) >= 11 is 3.33. The summed E-state index contributed by atoms with van der Waals surface area (Å²) in [6, 6.07) is 7.66. The van der Waals surface area contributed by atoms with Gasteiger partial charge in [0.05, 0.1) is 16.8 Å². The molecule has 0 aliphatic rings. The van der Waals surface area contributed by atoms with E-state index in [4.69, 9.17) is 4.74 Å². The maximum atomic E-state index is 12.0. The fraction of sp³-hybridized carbons (Fsp3) is 0.353. The summed E-state index contributed by atoms with van der Waals surface area (Å²) in [5.74, 6) is -0.226. The number of rotatable bonds is 5. The lowest BCUT2D eigenvalue weighted by Crippen LogP contribution is -2.27. The molecule has 22 heavy (non-hydrogen) atoms. The fourth-order valence-corrected chi connectivity index (χ4v) is 2.01. The zero-order valence-corrected chi connectivity index (χ0v) is 14.6. The molecule has 0 aliphatic carbocycles. The van der Waals surface area contributed by atoms with Crippen LogP contribution in [0, 0.1) is 12.3 Å². The van der Waals surface area contributed by atoms with E-state index in [2.05, 4.69) is 25.9 Å². The van der Waals surface area contributed by atoms with Crippen LogP contribution in [0.3, 0.4) is 0 Å². The third kappa shape index (κ3) is 4.13. The van der Waals surface area contributed by atoms with Gasteiger partial charge in [0.25, 0.3) is 0 Å². The van der Waals surface area contributed by atoms with Crippen LogP contribution in [0.4, 0.5) is 0 Å². The largest absolute Gasteiger partial charge is 0.460 e. The number of aryl methyl sites for hydroxylation is 1. The average Bonchev–Trinajstić information content (AvgIpc) is 2.52. The van der Waals surface area contributed by atoms with Gasteiger partial charge in [0.2, 0.25) is 0 Å². The molecule has 0 saturated heterocycles. The van der Waals surface area contributed by atoms with Crippen molar-refractivity contribution in [3.8, 4) is 11.4 Å². The van der Waals surface area contributed by atoms with E-state index in [1.54, 1.807) is 12.4 Å². The van der Waals surface area contributed by atoms with Gasteiger partial charge in [0.15, 0.2) is 0 Å². The summed E-state index contributed by atoms with van der Waals surface area (Å²) in [4.78, 5) is 20.6. The Hall–Kier alpha value is -1.75. The van der Waals surface area contributed by atoms with E-state index in [0.717, 1.165) is 22.5 Å². The maximum Gasteiger partial charge on any atom is 0.312 e. The van der Waals surface area contributed by atoms with Crippen LogP contribution in [0.2, 0.25) is 0 Å². The van der Waals surface area contributed by atoms with Crippen LogP contribution in [0.25, 0.3) is 11.4 Å². The third-order valence-electron chi connectivity index (χ3n) is 3.26. The van der Waals surface area contributed by atoms with Gasteiger partial charge >= 0.3 is 5.97 Å². The van der Waals surface area contributed by atoms with Crippen molar-refractivity contribution in [3.63, 3.8) is 0 Å². The SMILES string of the molecule is Cc1ccnc(-c2cc(COC(=O)C(C)(C)CBr)ccn2)c1. The molecule has 0 atom stereocenters. The lowest BCUT2D eigenvalue weighted by molar-refractivity contribution is -0.153. The predicted octanol–water partition coefficient (Wildman–Crippen LogP) is 3.92. The minimum Gasteiger partial charge on any atom is -0.460 e. The van der Waals surface area contributed by atoms with Crippen molar-refractivity contribution < 1.29 is 9.53 Å². The molecule has 0 spiro atoms. The lowest BCUT2D eigenvalue weighted by Gasteiger charge is -2.19. The minimum atomic E-state index is -0.534. The molecular formula is C17H19BrN2O2. The van der Waals surface area contributed by atoms with Gasteiger partial charge in [-0.3, -0.25) is 14.8 Å². The number of hydrogen-bond acceptors (Lipinski definition) is 4. The molecule has 4 nitrogen and oxygen atoms in total. The summed E-state index contributed by atoms with van der Waals surface area (Å²) in [6.07, 6.45) is 3.47. The maximum absolute atomic E-state index is 12.0. The second-order valence-electron chi connectivity index (χ2n) is 5.86. The molecule has 116 valence electrons. The Kier molecular flexibility index (Phi) is 5.29. The number of carbonyl (C=O) groups is 1. The van der Waals surface area contributed by atoms with Crippen LogP contribution < -0.4 is 0 Å². The molecule has 0 N–H and O–H groups in total. The minimum absolute atomic E-state index is 0.226. The molecule has 0 aliphatic heterocycles. The quantitative estimate of drug-likeness (QED) is 0.597. The Labute approximate surface area is 139 Å². The van der Waals surface area contributed by atoms with E-state index >= 15 is 0 Å². The number of alkyl halides is 1. The fourth-order valence-electron chi connectivity index (χ4n) is 1.78. The van der Waals surface area contributed by atoms with Crippen molar-refractivity contribution >= 4 is 21.9 Å². The predicted molar refractivity (Wildman–Crippen MR) is 89.6 cm³/mol. The van der Waals surface area contributed by atoms with Gasteiger partial charge in [-0.05, 0) is 56.2 Å². The highest BCUT2D eigenvalue weighted by Gasteiger charge is 2.27. The summed E-state index contributed by atoms with van der Waals surface area (Å²) < 4.78 is 5.38. The summed E-state index contributed by atoms with van der Waals surface area (Å²) in [5, 5.41) is 0.563. The Morgan fingerprint density at radius 3 is 2.45 bits per heavy atom. The monoisotopic (exact) mass is 362 g/mol. The van der Waals surface area contributed by atoms with Gasteiger partial charge in [0, 0.05) is 17.7 Å². The van der Waals surface area contributed by atoms with Gasteiger partial charge in [-0.25, -0.2) is 0 Å². The number of hydrogen-bond donors (Lipinski definition) is 0. The van der Waals surface area contributed by atoms with E-state index in [9.17, 15) is 4.79 Å². The number of halogens is 1. The van der Waals surface area contributed by atoms with Gasteiger partial charge < -0.3 is 4.74 Å². The first-order valence-electron chi connectivity index (χ1n) is 7.03. The first-order valence-corrected chi connectivity index (χ1v) is 8.16. The van der Waals surface area contributed by atoms with Crippen LogP contribution in [0.1, 0.15) is 25.0 Å². The van der Waals surface area contributed by atoms with E-state index in [0.29, 0.717) is 5.33 Å². The van der Waals surface area contributed by atoms with Crippen LogP contribution in [0.15, 0.2) is 36.7 Å². The second kappa shape index (κ2) is 7.01. The summed E-state index contributed by atoms with van der Waals surface area (Å²) in [5.41, 5.74) is 3.08. The molecular weight excluding hydrogens is 344 g/mol. The van der Waals surface area contributed by atoms with Crippen molar-refractivity contribution in [2.45, 2.75) is 27.4 Å². The molecule has 2 heterocycles. The zero-order valence-electron chi connectivity index (χ0n) is 13.0. The highest BCUT2D eigenvalue weighted by atomic mass is 79.9. The molecule has 0 saturated carbocycles.